The van der Waals surface area contributed by atoms with E-state index in [2.05, 4.69) is 16.9 Å². The number of anilines is 1. The highest BCUT2D eigenvalue weighted by molar-refractivity contribution is 7.18. The van der Waals surface area contributed by atoms with Gasteiger partial charge in [0.1, 0.15) is 12.4 Å². The van der Waals surface area contributed by atoms with Gasteiger partial charge >= 0.3 is 0 Å². The monoisotopic (exact) mass is 291 g/mol. The minimum absolute atomic E-state index is 0.496. The van der Waals surface area contributed by atoms with Crippen molar-refractivity contribution in [1.29, 1.82) is 0 Å². The first-order valence-corrected chi connectivity index (χ1v) is 7.95. The van der Waals surface area contributed by atoms with Crippen LogP contribution in [0.2, 0.25) is 0 Å². The number of aromatic nitrogens is 1. The van der Waals surface area contributed by atoms with Gasteiger partial charge in [-0.25, -0.2) is 4.98 Å². The Morgan fingerprint density at radius 1 is 1.45 bits per heavy atom. The molecule has 2 aromatic rings. The summed E-state index contributed by atoms with van der Waals surface area (Å²) in [5.41, 5.74) is 7.77. The number of nitrogen functional groups attached to an aromatic ring is 1. The molecule has 2 heterocycles. The molecule has 1 aliphatic heterocycles. The van der Waals surface area contributed by atoms with Gasteiger partial charge < -0.3 is 15.4 Å². The second-order valence-electron chi connectivity index (χ2n) is 5.53. The predicted octanol–water partition coefficient (Wildman–Crippen LogP) is 3.05. The van der Waals surface area contributed by atoms with E-state index in [1.54, 1.807) is 11.3 Å². The van der Waals surface area contributed by atoms with Gasteiger partial charge in [0.25, 0.3) is 0 Å². The molecule has 20 heavy (non-hydrogen) atoms. The molecule has 0 bridgehead atoms. The number of hydrogen-bond donors (Lipinski definition) is 1. The topological polar surface area (TPSA) is 51.4 Å². The molecule has 1 aromatic heterocycles. The number of piperidine rings is 1. The van der Waals surface area contributed by atoms with Gasteiger partial charge in [-0.2, -0.15) is 0 Å². The molecule has 0 saturated carbocycles. The van der Waals surface area contributed by atoms with Crippen LogP contribution < -0.4 is 10.5 Å². The van der Waals surface area contributed by atoms with Crippen molar-refractivity contribution in [3.63, 3.8) is 0 Å². The second kappa shape index (κ2) is 5.58. The maximum absolute atomic E-state index is 6.09. The molecule has 1 fully saturated rings. The highest BCUT2D eigenvalue weighted by Crippen LogP contribution is 2.31. The van der Waals surface area contributed by atoms with Crippen LogP contribution in [-0.2, 0) is 0 Å². The van der Waals surface area contributed by atoms with E-state index in [0.717, 1.165) is 27.5 Å². The molecule has 1 saturated heterocycles. The molecule has 1 atom stereocenters. The smallest absolute Gasteiger partial charge is 0.144 e. The van der Waals surface area contributed by atoms with Gasteiger partial charge in [0.2, 0.25) is 0 Å². The van der Waals surface area contributed by atoms with Crippen LogP contribution in [0.25, 0.3) is 10.2 Å². The van der Waals surface area contributed by atoms with Crippen LogP contribution in [0.1, 0.15) is 24.3 Å². The zero-order chi connectivity index (χ0) is 14.1. The van der Waals surface area contributed by atoms with Crippen LogP contribution in [0.4, 0.5) is 5.69 Å². The Morgan fingerprint density at radius 3 is 3.10 bits per heavy atom. The molecule has 1 aromatic carbocycles. The van der Waals surface area contributed by atoms with Gasteiger partial charge in [-0.15, -0.1) is 11.3 Å². The second-order valence-corrected chi connectivity index (χ2v) is 6.77. The van der Waals surface area contributed by atoms with Crippen molar-refractivity contribution < 1.29 is 4.74 Å². The van der Waals surface area contributed by atoms with Crippen LogP contribution in [-0.4, -0.2) is 36.1 Å². The number of likely N-dealkylation sites (N-methyl/N-ethyl adjacent to an activating group) is 1. The fraction of sp³-hybridized carbons (Fsp3) is 0.533. The molecular formula is C15H21N3OS. The Labute approximate surface area is 123 Å². The van der Waals surface area contributed by atoms with Gasteiger partial charge in [-0.05, 0) is 39.4 Å². The van der Waals surface area contributed by atoms with Crippen molar-refractivity contribution in [2.75, 3.05) is 25.9 Å². The summed E-state index contributed by atoms with van der Waals surface area (Å²) >= 11 is 1.67. The molecular weight excluding hydrogens is 270 g/mol. The molecule has 3 rings (SSSR count). The molecule has 0 amide bonds. The molecule has 4 nitrogen and oxygen atoms in total. The Hall–Kier alpha value is -1.33. The summed E-state index contributed by atoms with van der Waals surface area (Å²) in [5.74, 6) is 0.766. The molecule has 0 spiro atoms. The Morgan fingerprint density at radius 2 is 2.30 bits per heavy atom. The van der Waals surface area contributed by atoms with Gasteiger partial charge in [0.05, 0.1) is 20.9 Å². The molecule has 0 aliphatic carbocycles. The van der Waals surface area contributed by atoms with E-state index in [0.29, 0.717) is 18.3 Å². The fourth-order valence-electron chi connectivity index (χ4n) is 2.75. The van der Waals surface area contributed by atoms with Gasteiger partial charge in [-0.3, -0.25) is 0 Å². The van der Waals surface area contributed by atoms with Gasteiger partial charge in [0.15, 0.2) is 0 Å². The number of ether oxygens (including phenoxy) is 1. The van der Waals surface area contributed by atoms with Crippen molar-refractivity contribution in [3.05, 3.63) is 17.1 Å². The number of likely N-dealkylation sites (tertiary alicyclic amines) is 1. The largest absolute Gasteiger partial charge is 0.490 e. The number of nitrogens with zero attached hydrogens (tertiary/aromatic N) is 2. The third-order valence-electron chi connectivity index (χ3n) is 3.98. The fourth-order valence-corrected chi connectivity index (χ4v) is 3.61. The summed E-state index contributed by atoms with van der Waals surface area (Å²) in [7, 11) is 2.17. The first kappa shape index (κ1) is 13.6. The number of hydrogen-bond acceptors (Lipinski definition) is 5. The highest BCUT2D eigenvalue weighted by Gasteiger charge is 2.20. The van der Waals surface area contributed by atoms with Crippen molar-refractivity contribution >= 4 is 27.2 Å². The molecule has 108 valence electrons. The van der Waals surface area contributed by atoms with Crippen LogP contribution >= 0.6 is 11.3 Å². The quantitative estimate of drug-likeness (QED) is 0.883. The lowest BCUT2D eigenvalue weighted by Gasteiger charge is -2.32. The van der Waals surface area contributed by atoms with Crippen molar-refractivity contribution in [3.8, 4) is 5.75 Å². The summed E-state index contributed by atoms with van der Waals surface area (Å²) in [6.07, 6.45) is 3.78. The minimum atomic E-state index is 0.496. The molecule has 5 heteroatoms. The molecule has 1 unspecified atom stereocenters. The first-order valence-electron chi connectivity index (χ1n) is 7.13. The van der Waals surface area contributed by atoms with Crippen molar-refractivity contribution in [1.82, 2.24) is 9.88 Å². The van der Waals surface area contributed by atoms with Gasteiger partial charge in [0, 0.05) is 12.1 Å². The zero-order valence-corrected chi connectivity index (χ0v) is 12.9. The van der Waals surface area contributed by atoms with Gasteiger partial charge in [-0.1, -0.05) is 6.42 Å². The average molecular weight is 291 g/mol. The van der Waals surface area contributed by atoms with E-state index in [-0.39, 0.29) is 0 Å². The number of thiazole rings is 1. The Bertz CT molecular complexity index is 610. The van der Waals surface area contributed by atoms with E-state index in [4.69, 9.17) is 10.5 Å². The summed E-state index contributed by atoms with van der Waals surface area (Å²) in [6.45, 7) is 3.88. The summed E-state index contributed by atoms with van der Waals surface area (Å²) in [5, 5.41) is 1.06. The third-order valence-corrected chi connectivity index (χ3v) is 4.91. The number of rotatable bonds is 3. The van der Waals surface area contributed by atoms with Crippen LogP contribution in [0, 0.1) is 6.92 Å². The SMILES string of the molecule is Cc1nc2cc(OCC3CCCCN3C)c(N)cc2s1. The van der Waals surface area contributed by atoms with Crippen LogP contribution in [0.15, 0.2) is 12.1 Å². The normalized spacial score (nSPS) is 20.4. The minimum Gasteiger partial charge on any atom is -0.490 e. The molecule has 1 aliphatic rings. The Kier molecular flexibility index (Phi) is 3.81. The highest BCUT2D eigenvalue weighted by atomic mass is 32.1. The van der Waals surface area contributed by atoms with Crippen LogP contribution in [0.5, 0.6) is 5.75 Å². The molecule has 2 N–H and O–H groups in total. The van der Waals surface area contributed by atoms with Crippen LogP contribution in [0.3, 0.4) is 0 Å². The zero-order valence-electron chi connectivity index (χ0n) is 12.1. The van der Waals surface area contributed by atoms with E-state index < -0.39 is 0 Å². The lowest BCUT2D eigenvalue weighted by molar-refractivity contribution is 0.125. The lowest BCUT2D eigenvalue weighted by atomic mass is 10.0. The van der Waals surface area contributed by atoms with E-state index >= 15 is 0 Å². The molecule has 0 radical (unpaired) electrons. The van der Waals surface area contributed by atoms with E-state index in [1.165, 1.54) is 19.3 Å². The lowest BCUT2D eigenvalue weighted by Crippen LogP contribution is -2.40. The predicted molar refractivity (Wildman–Crippen MR) is 84.5 cm³/mol. The van der Waals surface area contributed by atoms with Crippen molar-refractivity contribution in [2.24, 2.45) is 0 Å². The summed E-state index contributed by atoms with van der Waals surface area (Å²) < 4.78 is 7.09. The third kappa shape index (κ3) is 2.74. The maximum atomic E-state index is 6.09. The number of fused-ring (bicyclic) bond motifs is 1. The van der Waals surface area contributed by atoms with Crippen molar-refractivity contribution in [2.45, 2.75) is 32.2 Å². The number of nitrogens with two attached hydrogens (primary N) is 1. The average Bonchev–Trinajstić information content (AvgIpc) is 2.76. The first-order chi connectivity index (χ1) is 9.63. The maximum Gasteiger partial charge on any atom is 0.144 e. The Balaban J connectivity index is 1.74. The summed E-state index contributed by atoms with van der Waals surface area (Å²) in [4.78, 5) is 6.88. The standard InChI is InChI=1S/C15H21N3OS/c1-10-17-13-8-14(12(16)7-15(13)20-10)19-9-11-5-3-4-6-18(11)2/h7-8,11H,3-6,9,16H2,1-2H3. The van der Waals surface area contributed by atoms with E-state index in [1.807, 2.05) is 19.1 Å². The summed E-state index contributed by atoms with van der Waals surface area (Å²) in [6, 6.07) is 4.44. The number of benzene rings is 1. The van der Waals surface area contributed by atoms with E-state index in [9.17, 15) is 0 Å². The number of aryl methyl sites for hydroxylation is 1.